The van der Waals surface area contributed by atoms with Gasteiger partial charge < -0.3 is 15.2 Å². The van der Waals surface area contributed by atoms with Gasteiger partial charge in [-0.15, -0.1) is 0 Å². The lowest BCUT2D eigenvalue weighted by Gasteiger charge is -2.30. The Hall–Kier alpha value is -4.53. The zero-order chi connectivity index (χ0) is 26.1. The van der Waals surface area contributed by atoms with Crippen molar-refractivity contribution in [3.63, 3.8) is 0 Å². The lowest BCUT2D eigenvalue weighted by Crippen LogP contribution is -2.54. The van der Waals surface area contributed by atoms with E-state index in [-0.39, 0.29) is 18.5 Å². The van der Waals surface area contributed by atoms with Crippen molar-refractivity contribution >= 4 is 29.8 Å². The maximum absolute atomic E-state index is 13.5. The number of hydrogen-bond acceptors (Lipinski definition) is 5. The number of aromatic nitrogens is 1. The van der Waals surface area contributed by atoms with Gasteiger partial charge >= 0.3 is 5.97 Å². The third-order valence-electron chi connectivity index (χ3n) is 5.52. The molecule has 3 rings (SSSR count). The first-order valence-electron chi connectivity index (χ1n) is 11.4. The zero-order valence-corrected chi connectivity index (χ0v) is 19.8. The van der Waals surface area contributed by atoms with Crippen LogP contribution >= 0.6 is 0 Å². The van der Waals surface area contributed by atoms with Crippen molar-refractivity contribution in [2.24, 2.45) is 0 Å². The minimum Gasteiger partial charge on any atom is -0.481 e. The van der Waals surface area contributed by atoms with Gasteiger partial charge in [0.25, 0.3) is 5.56 Å². The molecule has 0 aliphatic rings. The van der Waals surface area contributed by atoms with Crippen LogP contribution in [0.3, 0.4) is 0 Å². The number of rotatable bonds is 11. The summed E-state index contributed by atoms with van der Waals surface area (Å²) in [5, 5.41) is 12.7. The summed E-state index contributed by atoms with van der Waals surface area (Å²) in [6.07, 6.45) is 0.452. The number of carbonyl (C=O) groups is 4. The molecule has 1 atom stereocenters. The molecule has 1 aromatic heterocycles. The fourth-order valence-corrected chi connectivity index (χ4v) is 3.85. The number of aliphatic carboxylic acids is 1. The Bertz CT molecular complexity index is 1290. The zero-order valence-electron chi connectivity index (χ0n) is 19.8. The van der Waals surface area contributed by atoms with Gasteiger partial charge in [-0.05, 0) is 29.7 Å². The van der Waals surface area contributed by atoms with Gasteiger partial charge in [0.1, 0.15) is 18.0 Å². The highest BCUT2D eigenvalue weighted by atomic mass is 16.4. The van der Waals surface area contributed by atoms with Crippen molar-refractivity contribution in [2.45, 2.75) is 38.6 Å². The highest BCUT2D eigenvalue weighted by Crippen LogP contribution is 2.14. The maximum Gasteiger partial charge on any atom is 0.305 e. The highest BCUT2D eigenvalue weighted by molar-refractivity contribution is 5.92. The van der Waals surface area contributed by atoms with E-state index in [0.29, 0.717) is 18.4 Å². The van der Waals surface area contributed by atoms with E-state index in [1.165, 1.54) is 6.07 Å². The van der Waals surface area contributed by atoms with Gasteiger partial charge in [0.15, 0.2) is 0 Å². The van der Waals surface area contributed by atoms with E-state index in [9.17, 15) is 29.1 Å². The van der Waals surface area contributed by atoms with Crippen LogP contribution in [0.5, 0.6) is 0 Å². The summed E-state index contributed by atoms with van der Waals surface area (Å²) in [6.45, 7) is 1.14. The second kappa shape index (κ2) is 12.3. The Kier molecular flexibility index (Phi) is 8.88. The summed E-state index contributed by atoms with van der Waals surface area (Å²) in [6, 6.07) is 20.1. The Morgan fingerprint density at radius 1 is 0.972 bits per heavy atom. The van der Waals surface area contributed by atoms with Gasteiger partial charge in [-0.25, -0.2) is 9.69 Å². The average Bonchev–Trinajstić information content (AvgIpc) is 2.86. The van der Waals surface area contributed by atoms with Crippen LogP contribution < -0.4 is 15.9 Å². The van der Waals surface area contributed by atoms with Gasteiger partial charge in [-0.3, -0.25) is 19.2 Å². The molecule has 0 unspecified atom stereocenters. The lowest BCUT2D eigenvalue weighted by atomic mass is 10.1. The number of amides is 2. The third-order valence-corrected chi connectivity index (χ3v) is 5.52. The molecule has 0 fully saturated rings. The molecule has 1 heterocycles. The summed E-state index contributed by atoms with van der Waals surface area (Å²) in [4.78, 5) is 61.9. The minimum atomic E-state index is -1.42. The van der Waals surface area contributed by atoms with Crippen molar-refractivity contribution in [3.8, 4) is 0 Å². The van der Waals surface area contributed by atoms with Crippen LogP contribution in [0, 0.1) is 0 Å². The SMILES string of the molecule is CC(=O)N([C@H](C=O)CC(=O)O)n1c(Cc2ccccc2)ccc(NC(=O)CCc2ccccc2)c1=O. The van der Waals surface area contributed by atoms with E-state index < -0.39 is 35.8 Å². The van der Waals surface area contributed by atoms with Crippen LogP contribution in [0.15, 0.2) is 77.6 Å². The Morgan fingerprint density at radius 2 is 1.58 bits per heavy atom. The number of benzene rings is 2. The van der Waals surface area contributed by atoms with Gasteiger partial charge in [0.2, 0.25) is 11.8 Å². The molecule has 0 saturated carbocycles. The molecule has 0 spiro atoms. The van der Waals surface area contributed by atoms with Crippen LogP contribution in [-0.2, 0) is 32.0 Å². The van der Waals surface area contributed by atoms with Crippen molar-refractivity contribution in [3.05, 3.63) is 100.0 Å². The highest BCUT2D eigenvalue weighted by Gasteiger charge is 2.28. The molecule has 2 N–H and O–H groups in total. The van der Waals surface area contributed by atoms with Crippen molar-refractivity contribution in [2.75, 3.05) is 10.3 Å². The monoisotopic (exact) mass is 489 g/mol. The van der Waals surface area contributed by atoms with E-state index in [1.54, 1.807) is 6.07 Å². The number of aldehydes is 1. The fourth-order valence-electron chi connectivity index (χ4n) is 3.85. The molecule has 0 aliphatic heterocycles. The average molecular weight is 490 g/mol. The normalized spacial score (nSPS) is 11.4. The topological polar surface area (TPSA) is 126 Å². The van der Waals surface area contributed by atoms with E-state index >= 15 is 0 Å². The number of pyridine rings is 1. The van der Waals surface area contributed by atoms with Crippen LogP contribution in [0.1, 0.15) is 36.6 Å². The molecule has 36 heavy (non-hydrogen) atoms. The van der Waals surface area contributed by atoms with Crippen LogP contribution in [-0.4, -0.2) is 39.9 Å². The molecule has 0 saturated heterocycles. The van der Waals surface area contributed by atoms with E-state index in [4.69, 9.17) is 0 Å². The molecule has 0 bridgehead atoms. The van der Waals surface area contributed by atoms with Gasteiger partial charge in [-0.1, -0.05) is 60.7 Å². The first kappa shape index (κ1) is 26.1. The van der Waals surface area contributed by atoms with Crippen LogP contribution in [0.4, 0.5) is 5.69 Å². The molecule has 3 aromatic rings. The molecule has 2 amide bonds. The standard InChI is InChI=1S/C27H27N3O6/c1-19(32)29(23(18-31)17-26(34)35)30-22(16-21-10-6-3-7-11-21)13-14-24(27(30)36)28-25(33)15-12-20-8-4-2-5-9-20/h2-11,13-14,18,23H,12,15-17H2,1H3,(H,28,33)(H,34,35)/t23-/m0/s1. The lowest BCUT2D eigenvalue weighted by molar-refractivity contribution is -0.138. The summed E-state index contributed by atoms with van der Waals surface area (Å²) in [7, 11) is 0. The number of nitrogens with one attached hydrogen (secondary N) is 1. The Morgan fingerprint density at radius 3 is 2.14 bits per heavy atom. The number of carbonyl (C=O) groups excluding carboxylic acids is 3. The number of anilines is 1. The summed E-state index contributed by atoms with van der Waals surface area (Å²) >= 11 is 0. The Balaban J connectivity index is 1.99. The number of carboxylic acid groups (broad SMARTS) is 1. The number of carboxylic acids is 1. The van der Waals surface area contributed by atoms with Crippen LogP contribution in [0.25, 0.3) is 0 Å². The van der Waals surface area contributed by atoms with Crippen molar-refractivity contribution < 1.29 is 24.3 Å². The first-order chi connectivity index (χ1) is 17.3. The second-order valence-corrected chi connectivity index (χ2v) is 8.22. The molecule has 0 aliphatic carbocycles. The predicted molar refractivity (Wildman–Crippen MR) is 134 cm³/mol. The largest absolute Gasteiger partial charge is 0.481 e. The molecule has 0 radical (unpaired) electrons. The molecular weight excluding hydrogens is 462 g/mol. The number of hydrogen-bond donors (Lipinski definition) is 2. The van der Waals surface area contributed by atoms with E-state index in [2.05, 4.69) is 5.32 Å². The van der Waals surface area contributed by atoms with E-state index in [0.717, 1.165) is 27.7 Å². The van der Waals surface area contributed by atoms with Crippen molar-refractivity contribution in [1.82, 2.24) is 4.68 Å². The first-order valence-corrected chi connectivity index (χ1v) is 11.4. The summed E-state index contributed by atoms with van der Waals surface area (Å²) in [5.74, 6) is -2.40. The number of aryl methyl sites for hydroxylation is 1. The molecule has 9 nitrogen and oxygen atoms in total. The molecule has 9 heteroatoms. The Labute approximate surface area is 208 Å². The molecular formula is C27H27N3O6. The fraction of sp³-hybridized carbons (Fsp3) is 0.222. The second-order valence-electron chi connectivity index (χ2n) is 8.22. The summed E-state index contributed by atoms with van der Waals surface area (Å²) < 4.78 is 0.990. The van der Waals surface area contributed by atoms with Gasteiger partial charge in [0.05, 0.1) is 6.42 Å². The molecule has 186 valence electrons. The predicted octanol–water partition coefficient (Wildman–Crippen LogP) is 2.54. The number of nitrogens with zero attached hydrogens (tertiary/aromatic N) is 2. The van der Waals surface area contributed by atoms with Crippen LogP contribution in [0.2, 0.25) is 0 Å². The van der Waals surface area contributed by atoms with Crippen molar-refractivity contribution in [1.29, 1.82) is 0 Å². The van der Waals surface area contributed by atoms with E-state index in [1.807, 2.05) is 60.7 Å². The summed E-state index contributed by atoms with van der Waals surface area (Å²) in [5.41, 5.74) is 1.31. The smallest absolute Gasteiger partial charge is 0.305 e. The minimum absolute atomic E-state index is 0.0869. The third kappa shape index (κ3) is 6.75. The quantitative estimate of drug-likeness (QED) is 0.399. The van der Waals surface area contributed by atoms with Gasteiger partial charge in [0, 0.05) is 25.5 Å². The molecule has 2 aromatic carbocycles. The van der Waals surface area contributed by atoms with Gasteiger partial charge in [-0.2, -0.15) is 0 Å². The maximum atomic E-state index is 13.5.